The number of aliphatic hydroxyl groups is 2. The third-order valence-corrected chi connectivity index (χ3v) is 7.65. The van der Waals surface area contributed by atoms with Crippen LogP contribution < -0.4 is 5.73 Å². The summed E-state index contributed by atoms with van der Waals surface area (Å²) in [5.74, 6) is 1.07. The highest BCUT2D eigenvalue weighted by molar-refractivity contribution is 5.39. The first-order valence-corrected chi connectivity index (χ1v) is 9.24. The van der Waals surface area contributed by atoms with Gasteiger partial charge in [0.2, 0.25) is 0 Å². The van der Waals surface area contributed by atoms with Gasteiger partial charge >= 0.3 is 0 Å². The van der Waals surface area contributed by atoms with Crippen molar-refractivity contribution < 1.29 is 10.2 Å². The minimum atomic E-state index is -0.254. The van der Waals surface area contributed by atoms with E-state index in [0.717, 1.165) is 38.5 Å². The molecule has 0 radical (unpaired) electrons. The molecule has 3 nitrogen and oxygen atoms in total. The fourth-order valence-corrected chi connectivity index (χ4v) is 5.88. The van der Waals surface area contributed by atoms with Gasteiger partial charge in [-0.25, -0.2) is 0 Å². The largest absolute Gasteiger partial charge is 0.396 e. The van der Waals surface area contributed by atoms with Gasteiger partial charge in [0.1, 0.15) is 0 Å². The molecule has 3 rings (SSSR count). The average molecular weight is 319 g/mol. The Morgan fingerprint density at radius 2 is 2.04 bits per heavy atom. The molecule has 0 aromatic rings. The Morgan fingerprint density at radius 3 is 2.70 bits per heavy atom. The van der Waals surface area contributed by atoms with Crippen LogP contribution in [0.25, 0.3) is 0 Å². The van der Waals surface area contributed by atoms with Crippen molar-refractivity contribution in [2.24, 2.45) is 34.3 Å². The Balaban J connectivity index is 1.92. The van der Waals surface area contributed by atoms with Gasteiger partial charge in [0, 0.05) is 12.0 Å². The molecular formula is C20H33NO2. The molecule has 23 heavy (non-hydrogen) atoms. The molecule has 6 atom stereocenters. The van der Waals surface area contributed by atoms with Crippen LogP contribution in [0, 0.1) is 28.6 Å². The highest BCUT2D eigenvalue weighted by Gasteiger charge is 2.53. The number of hydrogen-bond acceptors (Lipinski definition) is 3. The van der Waals surface area contributed by atoms with Crippen LogP contribution >= 0.6 is 0 Å². The van der Waals surface area contributed by atoms with Gasteiger partial charge in [-0.1, -0.05) is 37.6 Å². The highest BCUT2D eigenvalue weighted by Crippen LogP contribution is 2.61. The number of nitrogens with two attached hydrogens (primary N) is 1. The van der Waals surface area contributed by atoms with E-state index in [4.69, 9.17) is 5.73 Å². The lowest BCUT2D eigenvalue weighted by Gasteiger charge is -2.55. The molecule has 130 valence electrons. The molecule has 2 fully saturated rings. The van der Waals surface area contributed by atoms with Crippen molar-refractivity contribution in [2.45, 2.75) is 58.5 Å². The van der Waals surface area contributed by atoms with Crippen LogP contribution in [-0.2, 0) is 0 Å². The van der Waals surface area contributed by atoms with E-state index in [1.807, 2.05) is 0 Å². The van der Waals surface area contributed by atoms with Gasteiger partial charge in [0.15, 0.2) is 0 Å². The Bertz CT molecular complexity index is 514. The van der Waals surface area contributed by atoms with Crippen LogP contribution in [0.15, 0.2) is 23.8 Å². The zero-order valence-corrected chi connectivity index (χ0v) is 14.7. The molecule has 0 heterocycles. The second-order valence-electron chi connectivity index (χ2n) is 8.60. The van der Waals surface area contributed by atoms with Gasteiger partial charge < -0.3 is 15.9 Å². The minimum Gasteiger partial charge on any atom is -0.396 e. The highest BCUT2D eigenvalue weighted by atomic mass is 16.3. The van der Waals surface area contributed by atoms with E-state index < -0.39 is 0 Å². The van der Waals surface area contributed by atoms with Crippen molar-refractivity contribution in [3.05, 3.63) is 23.8 Å². The Labute approximate surface area is 140 Å². The molecule has 0 saturated heterocycles. The van der Waals surface area contributed by atoms with Crippen molar-refractivity contribution in [1.82, 2.24) is 0 Å². The summed E-state index contributed by atoms with van der Waals surface area (Å²) in [6.45, 7) is 9.83. The van der Waals surface area contributed by atoms with Crippen LogP contribution in [-0.4, -0.2) is 29.5 Å². The fraction of sp³-hybridized carbons (Fsp3) is 0.800. The topological polar surface area (TPSA) is 66.5 Å². The summed E-state index contributed by atoms with van der Waals surface area (Å²) < 4.78 is 0. The first-order chi connectivity index (χ1) is 10.9. The fourth-order valence-electron chi connectivity index (χ4n) is 5.88. The van der Waals surface area contributed by atoms with Gasteiger partial charge in [-0.15, -0.1) is 0 Å². The zero-order chi connectivity index (χ0) is 16.8. The Hall–Kier alpha value is -0.640. The smallest absolute Gasteiger partial charge is 0.0544 e. The first-order valence-electron chi connectivity index (χ1n) is 9.24. The Morgan fingerprint density at radius 1 is 1.30 bits per heavy atom. The molecule has 3 heteroatoms. The summed E-state index contributed by atoms with van der Waals surface area (Å²) in [7, 11) is 0. The first kappa shape index (κ1) is 17.2. The number of aliphatic hydroxyl groups excluding tert-OH is 2. The zero-order valence-electron chi connectivity index (χ0n) is 14.7. The molecular weight excluding hydrogens is 286 g/mol. The molecule has 0 aromatic carbocycles. The molecule has 3 aliphatic carbocycles. The van der Waals surface area contributed by atoms with Crippen molar-refractivity contribution >= 4 is 0 Å². The van der Waals surface area contributed by atoms with E-state index in [0.29, 0.717) is 18.4 Å². The van der Waals surface area contributed by atoms with Gasteiger partial charge in [-0.3, -0.25) is 0 Å². The van der Waals surface area contributed by atoms with Crippen LogP contribution in [0.1, 0.15) is 52.4 Å². The van der Waals surface area contributed by atoms with Crippen LogP contribution in [0.5, 0.6) is 0 Å². The minimum absolute atomic E-state index is 0.0735. The quantitative estimate of drug-likeness (QED) is 0.701. The number of allylic oxidation sites excluding steroid dienone is 2. The second-order valence-corrected chi connectivity index (χ2v) is 8.60. The molecule has 3 aliphatic rings. The van der Waals surface area contributed by atoms with Crippen LogP contribution in [0.2, 0.25) is 0 Å². The summed E-state index contributed by atoms with van der Waals surface area (Å²) in [5.41, 5.74) is 9.31. The predicted octanol–water partition coefficient (Wildman–Crippen LogP) is 3.02. The molecule has 0 amide bonds. The predicted molar refractivity (Wildman–Crippen MR) is 93.8 cm³/mol. The van der Waals surface area contributed by atoms with Crippen molar-refractivity contribution in [1.29, 1.82) is 0 Å². The lowest BCUT2D eigenvalue weighted by Crippen LogP contribution is -2.50. The lowest BCUT2D eigenvalue weighted by molar-refractivity contribution is -0.0645. The number of rotatable bonds is 3. The summed E-state index contributed by atoms with van der Waals surface area (Å²) in [6.07, 6.45) is 7.98. The van der Waals surface area contributed by atoms with Crippen LogP contribution in [0.4, 0.5) is 0 Å². The molecule has 0 aliphatic heterocycles. The molecule has 4 N–H and O–H groups in total. The van der Waals surface area contributed by atoms with Crippen molar-refractivity contribution in [3.8, 4) is 0 Å². The molecule has 0 bridgehead atoms. The summed E-state index contributed by atoms with van der Waals surface area (Å²) in [5, 5.41) is 20.0. The van der Waals surface area contributed by atoms with Gasteiger partial charge in [0.05, 0.1) is 6.10 Å². The molecule has 0 aromatic heterocycles. The summed E-state index contributed by atoms with van der Waals surface area (Å²) in [4.78, 5) is 0. The SMILES string of the molecule is C=C1CC=C2[C@H](CN)C(C3(C)CCC(O)CC3CO)CC[C@]12C. The lowest BCUT2D eigenvalue weighted by atomic mass is 9.50. The summed E-state index contributed by atoms with van der Waals surface area (Å²) >= 11 is 0. The Kier molecular flexibility index (Phi) is 4.50. The van der Waals surface area contributed by atoms with Gasteiger partial charge in [-0.2, -0.15) is 0 Å². The maximum Gasteiger partial charge on any atom is 0.0544 e. The van der Waals surface area contributed by atoms with E-state index >= 15 is 0 Å². The molecule has 0 spiro atoms. The van der Waals surface area contributed by atoms with E-state index in [2.05, 4.69) is 26.5 Å². The maximum atomic E-state index is 10.0. The van der Waals surface area contributed by atoms with Crippen molar-refractivity contribution in [2.75, 3.05) is 13.2 Å². The molecule has 2 saturated carbocycles. The third-order valence-electron chi connectivity index (χ3n) is 7.65. The number of hydrogen-bond donors (Lipinski definition) is 3. The molecule has 4 unspecified atom stereocenters. The van der Waals surface area contributed by atoms with E-state index in [1.54, 1.807) is 0 Å². The van der Waals surface area contributed by atoms with Gasteiger partial charge in [0.25, 0.3) is 0 Å². The van der Waals surface area contributed by atoms with E-state index in [9.17, 15) is 10.2 Å². The average Bonchev–Trinajstić information content (AvgIpc) is 2.84. The maximum absolute atomic E-state index is 10.0. The number of fused-ring (bicyclic) bond motifs is 1. The standard InChI is InChI=1S/C20H33NO2/c1-13-4-5-17-16(11-21)18(7-9-19(13,17)2)20(3)8-6-15(23)10-14(20)12-22/h5,14-16,18,22-23H,1,4,6-12,21H2,2-3H3/t14?,15?,16-,18?,19+,20?/m0/s1. The summed E-state index contributed by atoms with van der Waals surface area (Å²) in [6, 6.07) is 0. The van der Waals surface area contributed by atoms with Crippen molar-refractivity contribution in [3.63, 3.8) is 0 Å². The van der Waals surface area contributed by atoms with Crippen LogP contribution in [0.3, 0.4) is 0 Å². The van der Waals surface area contributed by atoms with E-state index in [1.165, 1.54) is 11.1 Å². The monoisotopic (exact) mass is 319 g/mol. The van der Waals surface area contributed by atoms with E-state index in [-0.39, 0.29) is 29.5 Å². The second kappa shape index (κ2) is 6.02. The normalized spacial score (nSPS) is 47.3. The van der Waals surface area contributed by atoms with Gasteiger partial charge in [-0.05, 0) is 68.2 Å². The third kappa shape index (κ3) is 2.52.